The van der Waals surface area contributed by atoms with Crippen LogP contribution in [0, 0.1) is 11.8 Å². The fraction of sp³-hybridized carbons (Fsp3) is 0.923. The highest BCUT2D eigenvalue weighted by atomic mass is 16.5. The van der Waals surface area contributed by atoms with Crippen LogP contribution in [-0.2, 0) is 9.53 Å². The number of hydrogen-bond donors (Lipinski definition) is 0. The Balaban J connectivity index is 3.75. The van der Waals surface area contributed by atoms with Crippen molar-refractivity contribution >= 4 is 6.47 Å². The molecule has 0 N–H and O–H groups in total. The second kappa shape index (κ2) is 10.0. The van der Waals surface area contributed by atoms with Gasteiger partial charge in [-0.1, -0.05) is 52.9 Å². The first-order valence-corrected chi connectivity index (χ1v) is 6.23. The number of unbranched alkanes of at least 4 members (excludes halogenated alkanes) is 1. The van der Waals surface area contributed by atoms with Crippen molar-refractivity contribution in [3.63, 3.8) is 0 Å². The van der Waals surface area contributed by atoms with Crippen molar-refractivity contribution < 1.29 is 9.53 Å². The Kier molecular flexibility index (Phi) is 9.65. The summed E-state index contributed by atoms with van der Waals surface area (Å²) in [6.45, 7) is 8.63. The molecule has 0 heterocycles. The second-order valence-electron chi connectivity index (χ2n) is 4.53. The van der Waals surface area contributed by atoms with Gasteiger partial charge in [0, 0.05) is 0 Å². The van der Waals surface area contributed by atoms with E-state index in [2.05, 4.69) is 25.5 Å². The Bertz CT molecular complexity index is 145. The lowest BCUT2D eigenvalue weighted by Gasteiger charge is -2.19. The molecule has 0 amide bonds. The summed E-state index contributed by atoms with van der Waals surface area (Å²) in [4.78, 5) is 9.95. The lowest BCUT2D eigenvalue weighted by molar-refractivity contribution is 0.203. The van der Waals surface area contributed by atoms with Crippen LogP contribution in [0.3, 0.4) is 0 Å². The van der Waals surface area contributed by atoms with E-state index >= 15 is 0 Å². The highest BCUT2D eigenvalue weighted by Gasteiger charge is 2.12. The average Bonchev–Trinajstić information content (AvgIpc) is 2.23. The van der Waals surface area contributed by atoms with Crippen molar-refractivity contribution in [1.82, 2.24) is 0 Å². The molecule has 2 nitrogen and oxygen atoms in total. The lowest BCUT2D eigenvalue weighted by atomic mass is 9.88. The number of hydrogen-bond acceptors (Lipinski definition) is 2. The van der Waals surface area contributed by atoms with Crippen LogP contribution in [-0.4, -0.2) is 13.1 Å². The predicted octanol–water partition coefficient (Wildman–Crippen LogP) is 3.70. The zero-order chi connectivity index (χ0) is 11.5. The van der Waals surface area contributed by atoms with Crippen molar-refractivity contribution in [2.24, 2.45) is 11.8 Å². The van der Waals surface area contributed by atoms with Crippen molar-refractivity contribution in [2.45, 2.75) is 59.3 Å². The van der Waals surface area contributed by atoms with Gasteiger partial charge in [-0.3, -0.25) is 0 Å². The third-order valence-corrected chi connectivity index (χ3v) is 2.83. The van der Waals surface area contributed by atoms with Gasteiger partial charge in [0.25, 0.3) is 0 Å². The first-order chi connectivity index (χ1) is 7.24. The van der Waals surface area contributed by atoms with E-state index in [1.54, 1.807) is 0 Å². The molecule has 0 aliphatic rings. The fourth-order valence-electron chi connectivity index (χ4n) is 2.09. The summed E-state index contributed by atoms with van der Waals surface area (Å²) in [5.74, 6) is 1.28. The molecule has 2 unspecified atom stereocenters. The molecule has 0 fully saturated rings. The van der Waals surface area contributed by atoms with Gasteiger partial charge < -0.3 is 4.74 Å². The van der Waals surface area contributed by atoms with E-state index in [9.17, 15) is 4.79 Å². The van der Waals surface area contributed by atoms with Gasteiger partial charge in [-0.25, -0.2) is 4.79 Å². The molecule has 0 aromatic rings. The van der Waals surface area contributed by atoms with E-state index < -0.39 is 0 Å². The van der Waals surface area contributed by atoms with Crippen LogP contribution in [0.25, 0.3) is 0 Å². The first-order valence-electron chi connectivity index (χ1n) is 6.23. The molecule has 0 aliphatic heterocycles. The van der Waals surface area contributed by atoms with Gasteiger partial charge >= 0.3 is 6.47 Å². The van der Waals surface area contributed by atoms with Crippen LogP contribution in [0.5, 0.6) is 0 Å². The molecule has 0 rings (SSSR count). The summed E-state index contributed by atoms with van der Waals surface area (Å²) < 4.78 is 4.67. The quantitative estimate of drug-likeness (QED) is 0.553. The Morgan fingerprint density at radius 2 is 1.93 bits per heavy atom. The monoisotopic (exact) mass is 213 g/mol. The largest absolute Gasteiger partial charge is 0.457 e. The van der Waals surface area contributed by atoms with Gasteiger partial charge in [0.05, 0.1) is 6.61 Å². The minimum Gasteiger partial charge on any atom is -0.457 e. The molecule has 0 aliphatic carbocycles. The van der Waals surface area contributed by atoms with Crippen molar-refractivity contribution in [2.75, 3.05) is 6.61 Å². The maximum atomic E-state index is 9.95. The molecule has 2 atom stereocenters. The van der Waals surface area contributed by atoms with Crippen molar-refractivity contribution in [1.29, 1.82) is 0 Å². The molecular weight excluding hydrogens is 188 g/mol. The molecular formula is C13H25O2. The molecule has 89 valence electrons. The summed E-state index contributed by atoms with van der Waals surface area (Å²) >= 11 is 0. The summed E-state index contributed by atoms with van der Waals surface area (Å²) in [7, 11) is 0. The minimum atomic E-state index is 0.472. The highest BCUT2D eigenvalue weighted by molar-refractivity contribution is 5.38. The molecule has 2 heteroatoms. The zero-order valence-corrected chi connectivity index (χ0v) is 10.4. The second-order valence-corrected chi connectivity index (χ2v) is 4.53. The Hall–Kier alpha value is -0.530. The average molecular weight is 213 g/mol. The van der Waals surface area contributed by atoms with E-state index in [0.29, 0.717) is 12.5 Å². The summed E-state index contributed by atoms with van der Waals surface area (Å²) in [5, 5.41) is 0. The van der Waals surface area contributed by atoms with E-state index in [4.69, 9.17) is 0 Å². The Morgan fingerprint density at radius 1 is 1.20 bits per heavy atom. The standard InChI is InChI=1S/C13H25O2/c1-4-6-8-13(7-5-2)9-12(3)10-15-11-14/h12-13H,4-10H2,1-3H3. The van der Waals surface area contributed by atoms with Gasteiger partial charge in [0.15, 0.2) is 0 Å². The molecule has 0 saturated carbocycles. The molecule has 0 aromatic carbocycles. The SMILES string of the molecule is CCCCC(CCC)CC(C)CO[C]=O. The molecule has 1 radical (unpaired) electrons. The number of rotatable bonds is 10. The van der Waals surface area contributed by atoms with Crippen molar-refractivity contribution in [3.8, 4) is 0 Å². The Labute approximate surface area is 94.4 Å². The fourth-order valence-corrected chi connectivity index (χ4v) is 2.09. The summed E-state index contributed by atoms with van der Waals surface area (Å²) in [6.07, 6.45) is 7.64. The molecule has 0 bridgehead atoms. The normalized spacial score (nSPS) is 14.6. The Morgan fingerprint density at radius 3 is 2.47 bits per heavy atom. The summed E-state index contributed by atoms with van der Waals surface area (Å²) in [5.41, 5.74) is 0. The van der Waals surface area contributed by atoms with Crippen molar-refractivity contribution in [3.05, 3.63) is 0 Å². The predicted molar refractivity (Wildman–Crippen MR) is 63.3 cm³/mol. The molecule has 0 spiro atoms. The highest BCUT2D eigenvalue weighted by Crippen LogP contribution is 2.23. The maximum absolute atomic E-state index is 9.95. The maximum Gasteiger partial charge on any atom is 0.417 e. The van der Waals surface area contributed by atoms with Gasteiger partial charge in [-0.2, -0.15) is 0 Å². The van der Waals surface area contributed by atoms with Gasteiger partial charge in [-0.15, -0.1) is 0 Å². The number of ether oxygens (including phenoxy) is 1. The lowest BCUT2D eigenvalue weighted by Crippen LogP contribution is -2.11. The van der Waals surface area contributed by atoms with E-state index in [-0.39, 0.29) is 0 Å². The van der Waals surface area contributed by atoms with Crippen LogP contribution in [0.2, 0.25) is 0 Å². The zero-order valence-electron chi connectivity index (χ0n) is 10.4. The topological polar surface area (TPSA) is 26.3 Å². The third-order valence-electron chi connectivity index (χ3n) is 2.83. The van der Waals surface area contributed by atoms with E-state index in [0.717, 1.165) is 5.92 Å². The van der Waals surface area contributed by atoms with Crippen LogP contribution in [0.4, 0.5) is 0 Å². The minimum absolute atomic E-state index is 0.472. The molecule has 0 aromatic heterocycles. The smallest absolute Gasteiger partial charge is 0.417 e. The molecule has 0 saturated heterocycles. The van der Waals surface area contributed by atoms with Gasteiger partial charge in [0.1, 0.15) is 0 Å². The van der Waals surface area contributed by atoms with Gasteiger partial charge in [0.2, 0.25) is 0 Å². The third kappa shape index (κ3) is 8.46. The van der Waals surface area contributed by atoms with Crippen LogP contribution < -0.4 is 0 Å². The van der Waals surface area contributed by atoms with Gasteiger partial charge in [-0.05, 0) is 18.3 Å². The van der Waals surface area contributed by atoms with E-state index in [1.165, 1.54) is 45.0 Å². The number of carbonyl (C=O) groups excluding carboxylic acids is 1. The molecule has 15 heavy (non-hydrogen) atoms. The van der Waals surface area contributed by atoms with Crippen LogP contribution in [0.1, 0.15) is 59.3 Å². The summed E-state index contributed by atoms with van der Waals surface area (Å²) in [6, 6.07) is 0. The van der Waals surface area contributed by atoms with Crippen LogP contribution >= 0.6 is 0 Å². The van der Waals surface area contributed by atoms with Crippen LogP contribution in [0.15, 0.2) is 0 Å². The van der Waals surface area contributed by atoms with E-state index in [1.807, 2.05) is 0 Å². The first kappa shape index (κ1) is 14.5.